The van der Waals surface area contributed by atoms with Gasteiger partial charge in [0.2, 0.25) is 0 Å². The largest absolute Gasteiger partial charge is 0.505 e. The molecule has 0 aliphatic heterocycles. The molecule has 1 atom stereocenters. The van der Waals surface area contributed by atoms with Crippen LogP contribution in [0.25, 0.3) is 0 Å². The molecule has 0 spiro atoms. The van der Waals surface area contributed by atoms with Crippen molar-refractivity contribution in [3.05, 3.63) is 70.8 Å². The number of rotatable bonds is 10. The topological polar surface area (TPSA) is 46.5 Å². The maximum Gasteiger partial charge on any atom is 0.505 e. The summed E-state index contributed by atoms with van der Waals surface area (Å²) in [6.07, 6.45) is 5.26. The van der Waals surface area contributed by atoms with Crippen molar-refractivity contribution in [1.29, 1.82) is 0 Å². The third-order valence-corrected chi connectivity index (χ3v) is 5.09. The fourth-order valence-electron chi connectivity index (χ4n) is 3.48. The molecule has 0 bridgehead atoms. The number of benzene rings is 2. The minimum Gasteiger partial charge on any atom is -0.450 e. The van der Waals surface area contributed by atoms with Crippen LogP contribution in [0.2, 0.25) is 0 Å². The van der Waals surface area contributed by atoms with Crippen LogP contribution in [0.5, 0.6) is 0 Å². The average molecular weight is 354 g/mol. The lowest BCUT2D eigenvalue weighted by molar-refractivity contribution is 0.0899. The van der Waals surface area contributed by atoms with Crippen molar-refractivity contribution in [3.8, 4) is 0 Å². The molecule has 2 rings (SSSR count). The SMILES string of the molecule is Cc1cccc(C(CCCCCCCOC(=O)O)c2ccccc2)c1C. The van der Waals surface area contributed by atoms with Crippen LogP contribution in [0.15, 0.2) is 48.5 Å². The lowest BCUT2D eigenvalue weighted by Crippen LogP contribution is -2.05. The fourth-order valence-corrected chi connectivity index (χ4v) is 3.48. The third kappa shape index (κ3) is 6.21. The van der Waals surface area contributed by atoms with E-state index in [1.807, 2.05) is 0 Å². The van der Waals surface area contributed by atoms with Crippen molar-refractivity contribution in [2.75, 3.05) is 6.61 Å². The Kier molecular flexibility index (Phi) is 8.20. The van der Waals surface area contributed by atoms with Crippen LogP contribution >= 0.6 is 0 Å². The molecule has 26 heavy (non-hydrogen) atoms. The molecule has 2 aromatic rings. The Labute approximate surface area is 157 Å². The van der Waals surface area contributed by atoms with Gasteiger partial charge in [0.15, 0.2) is 0 Å². The molecule has 3 nitrogen and oxygen atoms in total. The first-order chi connectivity index (χ1) is 12.6. The predicted molar refractivity (Wildman–Crippen MR) is 106 cm³/mol. The predicted octanol–water partition coefficient (Wildman–Crippen LogP) is 6.47. The Morgan fingerprint density at radius 2 is 1.62 bits per heavy atom. The van der Waals surface area contributed by atoms with Crippen LogP contribution in [0.1, 0.15) is 66.7 Å². The number of ether oxygens (including phenoxy) is 1. The van der Waals surface area contributed by atoms with Gasteiger partial charge in [0.1, 0.15) is 0 Å². The Morgan fingerprint density at radius 1 is 0.923 bits per heavy atom. The summed E-state index contributed by atoms with van der Waals surface area (Å²) in [6.45, 7) is 4.72. The minimum atomic E-state index is -1.18. The van der Waals surface area contributed by atoms with Crippen molar-refractivity contribution in [3.63, 3.8) is 0 Å². The van der Waals surface area contributed by atoms with E-state index >= 15 is 0 Å². The average Bonchev–Trinajstić information content (AvgIpc) is 2.64. The molecule has 0 aliphatic rings. The van der Waals surface area contributed by atoms with Crippen LogP contribution in [-0.4, -0.2) is 17.9 Å². The van der Waals surface area contributed by atoms with E-state index in [1.165, 1.54) is 35.1 Å². The Bertz CT molecular complexity index is 679. The second kappa shape index (κ2) is 10.6. The number of carboxylic acid groups (broad SMARTS) is 1. The summed E-state index contributed by atoms with van der Waals surface area (Å²) in [4.78, 5) is 10.3. The van der Waals surface area contributed by atoms with Gasteiger partial charge in [-0.05, 0) is 48.9 Å². The molecular weight excluding hydrogens is 324 g/mol. The number of hydrogen-bond donors (Lipinski definition) is 1. The Hall–Kier alpha value is -2.29. The van der Waals surface area contributed by atoms with E-state index < -0.39 is 6.16 Å². The van der Waals surface area contributed by atoms with Gasteiger partial charge in [0, 0.05) is 5.92 Å². The molecule has 0 amide bonds. The van der Waals surface area contributed by atoms with E-state index in [0.29, 0.717) is 12.5 Å². The number of unbranched alkanes of at least 4 members (excludes halogenated alkanes) is 4. The molecule has 2 aromatic carbocycles. The molecular formula is C23H30O3. The standard InChI is InChI=1S/C23H30O3/c1-18-12-11-16-21(19(18)2)22(20-13-7-6-8-14-20)15-9-4-3-5-10-17-26-23(24)25/h6-8,11-14,16,22H,3-5,9-10,15,17H2,1-2H3,(H,24,25). The lowest BCUT2D eigenvalue weighted by Gasteiger charge is -2.21. The van der Waals surface area contributed by atoms with Crippen LogP contribution in [0.3, 0.4) is 0 Å². The van der Waals surface area contributed by atoms with E-state index in [1.54, 1.807) is 0 Å². The highest BCUT2D eigenvalue weighted by atomic mass is 16.7. The van der Waals surface area contributed by atoms with Gasteiger partial charge in [-0.3, -0.25) is 0 Å². The van der Waals surface area contributed by atoms with Crippen molar-refractivity contribution in [2.24, 2.45) is 0 Å². The zero-order valence-electron chi connectivity index (χ0n) is 15.9. The summed E-state index contributed by atoms with van der Waals surface area (Å²) in [5, 5.41) is 8.45. The number of aryl methyl sites for hydroxylation is 1. The van der Waals surface area contributed by atoms with E-state index in [9.17, 15) is 4.79 Å². The summed E-state index contributed by atoms with van der Waals surface area (Å²) >= 11 is 0. The zero-order chi connectivity index (χ0) is 18.8. The van der Waals surface area contributed by atoms with Crippen LogP contribution in [0.4, 0.5) is 4.79 Å². The first kappa shape index (κ1) is 20.0. The normalized spacial score (nSPS) is 11.9. The van der Waals surface area contributed by atoms with Crippen molar-refractivity contribution in [1.82, 2.24) is 0 Å². The Morgan fingerprint density at radius 3 is 2.35 bits per heavy atom. The lowest BCUT2D eigenvalue weighted by atomic mass is 9.83. The summed E-state index contributed by atoms with van der Waals surface area (Å²) in [5.41, 5.74) is 5.57. The van der Waals surface area contributed by atoms with Crippen molar-refractivity contribution < 1.29 is 14.6 Å². The first-order valence-corrected chi connectivity index (χ1v) is 9.56. The zero-order valence-corrected chi connectivity index (χ0v) is 15.9. The van der Waals surface area contributed by atoms with Gasteiger partial charge in [-0.2, -0.15) is 0 Å². The summed E-state index contributed by atoms with van der Waals surface area (Å²) < 4.78 is 4.54. The van der Waals surface area contributed by atoms with Crippen LogP contribution < -0.4 is 0 Å². The summed E-state index contributed by atoms with van der Waals surface area (Å²) in [6, 6.07) is 17.4. The minimum absolute atomic E-state index is 0.310. The molecule has 3 heteroatoms. The number of hydrogen-bond acceptors (Lipinski definition) is 2. The molecule has 140 valence electrons. The van der Waals surface area contributed by atoms with E-state index in [-0.39, 0.29) is 0 Å². The first-order valence-electron chi connectivity index (χ1n) is 9.56. The highest BCUT2D eigenvalue weighted by molar-refractivity contribution is 5.56. The molecule has 0 saturated heterocycles. The molecule has 0 aromatic heterocycles. The number of carbonyl (C=O) groups is 1. The molecule has 0 saturated carbocycles. The maximum absolute atomic E-state index is 10.3. The van der Waals surface area contributed by atoms with Crippen LogP contribution in [-0.2, 0) is 4.74 Å². The smallest absolute Gasteiger partial charge is 0.450 e. The van der Waals surface area contributed by atoms with E-state index in [0.717, 1.165) is 25.7 Å². The quantitative estimate of drug-likeness (QED) is 0.393. The fraction of sp³-hybridized carbons (Fsp3) is 0.435. The molecule has 0 radical (unpaired) electrons. The monoisotopic (exact) mass is 354 g/mol. The third-order valence-electron chi connectivity index (χ3n) is 5.09. The highest BCUT2D eigenvalue weighted by Gasteiger charge is 2.16. The second-order valence-corrected chi connectivity index (χ2v) is 6.92. The van der Waals surface area contributed by atoms with Gasteiger partial charge in [0.25, 0.3) is 0 Å². The van der Waals surface area contributed by atoms with Gasteiger partial charge in [-0.15, -0.1) is 0 Å². The van der Waals surface area contributed by atoms with Gasteiger partial charge in [-0.25, -0.2) is 4.79 Å². The molecule has 0 heterocycles. The van der Waals surface area contributed by atoms with Crippen molar-refractivity contribution >= 4 is 6.16 Å². The summed E-state index contributed by atoms with van der Waals surface area (Å²) in [5.74, 6) is 0.437. The summed E-state index contributed by atoms with van der Waals surface area (Å²) in [7, 11) is 0. The van der Waals surface area contributed by atoms with Gasteiger partial charge < -0.3 is 9.84 Å². The van der Waals surface area contributed by atoms with E-state index in [2.05, 4.69) is 67.1 Å². The molecule has 1 unspecified atom stereocenters. The van der Waals surface area contributed by atoms with E-state index in [4.69, 9.17) is 5.11 Å². The highest BCUT2D eigenvalue weighted by Crippen LogP contribution is 2.33. The molecule has 1 N–H and O–H groups in total. The Balaban J connectivity index is 1.90. The van der Waals surface area contributed by atoms with Crippen LogP contribution in [0, 0.1) is 13.8 Å². The maximum atomic E-state index is 10.3. The molecule has 0 aliphatic carbocycles. The van der Waals surface area contributed by atoms with Gasteiger partial charge in [-0.1, -0.05) is 74.2 Å². The van der Waals surface area contributed by atoms with Gasteiger partial charge >= 0.3 is 6.16 Å². The van der Waals surface area contributed by atoms with Crippen molar-refractivity contribution in [2.45, 2.75) is 58.3 Å². The van der Waals surface area contributed by atoms with Gasteiger partial charge in [0.05, 0.1) is 6.61 Å². The molecule has 0 fully saturated rings. The second-order valence-electron chi connectivity index (χ2n) is 6.92.